The summed E-state index contributed by atoms with van der Waals surface area (Å²) in [6, 6.07) is 2.14. The minimum absolute atomic E-state index is 0.675. The quantitative estimate of drug-likeness (QED) is 0.811. The van der Waals surface area contributed by atoms with E-state index >= 15 is 0 Å². The first kappa shape index (κ1) is 15.0. The molecule has 1 fully saturated rings. The van der Waals surface area contributed by atoms with E-state index in [1.807, 2.05) is 0 Å². The Bertz CT molecular complexity index is 203. The molecule has 2 nitrogen and oxygen atoms in total. The Balaban J connectivity index is 2.49. The van der Waals surface area contributed by atoms with Crippen molar-refractivity contribution in [3.05, 3.63) is 0 Å². The maximum atomic E-state index is 3.74. The summed E-state index contributed by atoms with van der Waals surface area (Å²) in [5.41, 5.74) is 0. The molecular weight excluding hydrogens is 208 g/mol. The van der Waals surface area contributed by atoms with Crippen LogP contribution in [0.2, 0.25) is 0 Å². The van der Waals surface area contributed by atoms with E-state index in [1.54, 1.807) is 0 Å². The van der Waals surface area contributed by atoms with Crippen LogP contribution in [0.1, 0.15) is 60.3 Å². The minimum Gasteiger partial charge on any atom is -0.311 e. The molecule has 17 heavy (non-hydrogen) atoms. The third-order valence-corrected chi connectivity index (χ3v) is 4.06. The number of rotatable bonds is 4. The third-order valence-electron chi connectivity index (χ3n) is 4.06. The first-order chi connectivity index (χ1) is 8.02. The standard InChI is InChI=1S/C15H32N2/c1-6-15-8-10-17(9-7-13(4)16-15)14(5)11-12(2)3/h12-16H,6-11H2,1-5H3. The molecule has 1 aliphatic rings. The Hall–Kier alpha value is -0.0800. The van der Waals surface area contributed by atoms with Crippen LogP contribution in [0.25, 0.3) is 0 Å². The van der Waals surface area contributed by atoms with Gasteiger partial charge in [0.05, 0.1) is 0 Å². The van der Waals surface area contributed by atoms with Crippen molar-refractivity contribution in [2.45, 2.75) is 78.4 Å². The zero-order chi connectivity index (χ0) is 12.8. The largest absolute Gasteiger partial charge is 0.311 e. The molecule has 1 saturated heterocycles. The summed E-state index contributed by atoms with van der Waals surface area (Å²) in [5, 5.41) is 3.74. The lowest BCUT2D eigenvalue weighted by Crippen LogP contribution is -2.46. The van der Waals surface area contributed by atoms with Crippen molar-refractivity contribution < 1.29 is 0 Å². The third kappa shape index (κ3) is 5.39. The molecule has 2 heteroatoms. The van der Waals surface area contributed by atoms with E-state index in [4.69, 9.17) is 0 Å². The molecule has 1 rings (SSSR count). The highest BCUT2D eigenvalue weighted by atomic mass is 15.2. The highest BCUT2D eigenvalue weighted by Crippen LogP contribution is 2.16. The molecule has 0 saturated carbocycles. The van der Waals surface area contributed by atoms with Gasteiger partial charge in [-0.05, 0) is 58.5 Å². The van der Waals surface area contributed by atoms with Crippen LogP contribution < -0.4 is 5.32 Å². The molecule has 0 aromatic rings. The average Bonchev–Trinajstić information content (AvgIpc) is 2.22. The van der Waals surface area contributed by atoms with Gasteiger partial charge in [0.2, 0.25) is 0 Å². The van der Waals surface area contributed by atoms with Crippen molar-refractivity contribution in [3.63, 3.8) is 0 Å². The highest BCUT2D eigenvalue weighted by molar-refractivity contribution is 4.79. The van der Waals surface area contributed by atoms with E-state index in [0.29, 0.717) is 6.04 Å². The van der Waals surface area contributed by atoms with Crippen LogP contribution in [0.15, 0.2) is 0 Å². The summed E-state index contributed by atoms with van der Waals surface area (Å²) in [6.45, 7) is 14.2. The predicted molar refractivity (Wildman–Crippen MR) is 76.4 cm³/mol. The first-order valence-corrected chi connectivity index (χ1v) is 7.53. The number of nitrogens with one attached hydrogen (secondary N) is 1. The van der Waals surface area contributed by atoms with Gasteiger partial charge >= 0.3 is 0 Å². The number of hydrogen-bond donors (Lipinski definition) is 1. The average molecular weight is 240 g/mol. The summed E-state index contributed by atoms with van der Waals surface area (Å²) in [6.07, 6.45) is 5.19. The summed E-state index contributed by atoms with van der Waals surface area (Å²) in [7, 11) is 0. The zero-order valence-electron chi connectivity index (χ0n) is 12.5. The molecular formula is C15H32N2. The fraction of sp³-hybridized carbons (Fsp3) is 1.00. The molecule has 0 aromatic carbocycles. The van der Waals surface area contributed by atoms with Crippen molar-refractivity contribution in [1.29, 1.82) is 0 Å². The van der Waals surface area contributed by atoms with Gasteiger partial charge < -0.3 is 10.2 Å². The van der Waals surface area contributed by atoms with Gasteiger partial charge in [0, 0.05) is 18.1 Å². The van der Waals surface area contributed by atoms with E-state index in [0.717, 1.165) is 18.0 Å². The predicted octanol–water partition coefficient (Wildman–Crippen LogP) is 3.27. The Labute approximate surface area is 108 Å². The molecule has 1 aliphatic heterocycles. The van der Waals surface area contributed by atoms with Gasteiger partial charge in [-0.3, -0.25) is 0 Å². The molecule has 1 heterocycles. The Morgan fingerprint density at radius 1 is 1.18 bits per heavy atom. The van der Waals surface area contributed by atoms with E-state index in [2.05, 4.69) is 44.8 Å². The molecule has 0 spiro atoms. The van der Waals surface area contributed by atoms with Crippen LogP contribution in [0.3, 0.4) is 0 Å². The Morgan fingerprint density at radius 3 is 2.41 bits per heavy atom. The number of hydrogen-bond acceptors (Lipinski definition) is 2. The van der Waals surface area contributed by atoms with Crippen molar-refractivity contribution >= 4 is 0 Å². The van der Waals surface area contributed by atoms with Crippen LogP contribution in [0.5, 0.6) is 0 Å². The molecule has 0 amide bonds. The van der Waals surface area contributed by atoms with E-state index in [9.17, 15) is 0 Å². The molecule has 3 atom stereocenters. The second kappa shape index (κ2) is 7.38. The SMILES string of the molecule is CCC1CCN(C(C)CC(C)C)CCC(C)N1. The van der Waals surface area contributed by atoms with E-state index in [-0.39, 0.29) is 0 Å². The van der Waals surface area contributed by atoms with Crippen LogP contribution in [-0.4, -0.2) is 36.1 Å². The van der Waals surface area contributed by atoms with Gasteiger partial charge in [0.25, 0.3) is 0 Å². The fourth-order valence-corrected chi connectivity index (χ4v) is 2.96. The number of nitrogens with zero attached hydrogens (tertiary/aromatic N) is 1. The van der Waals surface area contributed by atoms with Crippen LogP contribution >= 0.6 is 0 Å². The lowest BCUT2D eigenvalue weighted by atomic mass is 10.0. The van der Waals surface area contributed by atoms with E-state index < -0.39 is 0 Å². The Kier molecular flexibility index (Phi) is 6.50. The molecule has 0 bridgehead atoms. The smallest absolute Gasteiger partial charge is 0.00790 e. The van der Waals surface area contributed by atoms with Gasteiger partial charge in [-0.2, -0.15) is 0 Å². The lowest BCUT2D eigenvalue weighted by molar-refractivity contribution is 0.152. The van der Waals surface area contributed by atoms with Crippen molar-refractivity contribution in [1.82, 2.24) is 10.2 Å². The fourth-order valence-electron chi connectivity index (χ4n) is 2.96. The van der Waals surface area contributed by atoms with Gasteiger partial charge in [0.1, 0.15) is 0 Å². The van der Waals surface area contributed by atoms with Crippen molar-refractivity contribution in [2.24, 2.45) is 5.92 Å². The van der Waals surface area contributed by atoms with Gasteiger partial charge in [0.15, 0.2) is 0 Å². The second-order valence-electron chi connectivity index (χ2n) is 6.26. The maximum Gasteiger partial charge on any atom is 0.00790 e. The topological polar surface area (TPSA) is 15.3 Å². The molecule has 0 aromatic heterocycles. The van der Waals surface area contributed by atoms with Crippen molar-refractivity contribution in [3.8, 4) is 0 Å². The zero-order valence-corrected chi connectivity index (χ0v) is 12.5. The van der Waals surface area contributed by atoms with Crippen molar-refractivity contribution in [2.75, 3.05) is 13.1 Å². The van der Waals surface area contributed by atoms with E-state index in [1.165, 1.54) is 38.8 Å². The minimum atomic E-state index is 0.675. The molecule has 1 N–H and O–H groups in total. The molecule has 0 aliphatic carbocycles. The maximum absolute atomic E-state index is 3.74. The molecule has 102 valence electrons. The lowest BCUT2D eigenvalue weighted by Gasteiger charge is -2.36. The van der Waals surface area contributed by atoms with Gasteiger partial charge in [-0.1, -0.05) is 20.8 Å². The second-order valence-corrected chi connectivity index (χ2v) is 6.26. The molecule has 0 radical (unpaired) electrons. The summed E-state index contributed by atoms with van der Waals surface area (Å²) >= 11 is 0. The van der Waals surface area contributed by atoms with Crippen LogP contribution in [-0.2, 0) is 0 Å². The van der Waals surface area contributed by atoms with Crippen LogP contribution in [0, 0.1) is 5.92 Å². The summed E-state index contributed by atoms with van der Waals surface area (Å²) in [5.74, 6) is 0.813. The van der Waals surface area contributed by atoms with Crippen LogP contribution in [0.4, 0.5) is 0 Å². The van der Waals surface area contributed by atoms with Gasteiger partial charge in [-0.15, -0.1) is 0 Å². The molecule has 3 unspecified atom stereocenters. The normalized spacial score (nSPS) is 30.0. The highest BCUT2D eigenvalue weighted by Gasteiger charge is 2.21. The summed E-state index contributed by atoms with van der Waals surface area (Å²) < 4.78 is 0. The monoisotopic (exact) mass is 240 g/mol. The van der Waals surface area contributed by atoms with Gasteiger partial charge in [-0.25, -0.2) is 0 Å². The Morgan fingerprint density at radius 2 is 1.82 bits per heavy atom. The summed E-state index contributed by atoms with van der Waals surface area (Å²) in [4.78, 5) is 2.71. The first-order valence-electron chi connectivity index (χ1n) is 7.53.